The third-order valence-corrected chi connectivity index (χ3v) is 4.63. The first-order valence-electron chi connectivity index (χ1n) is 7.88. The van der Waals surface area contributed by atoms with Gasteiger partial charge >= 0.3 is 0 Å². The summed E-state index contributed by atoms with van der Waals surface area (Å²) >= 11 is 1.71. The van der Waals surface area contributed by atoms with Gasteiger partial charge in [0, 0.05) is 44.0 Å². The minimum Gasteiger partial charge on any atom is -0.385 e. The van der Waals surface area contributed by atoms with Crippen molar-refractivity contribution in [2.24, 2.45) is 0 Å². The molecule has 0 bridgehead atoms. The molecule has 3 aromatic rings. The van der Waals surface area contributed by atoms with Crippen LogP contribution < -0.4 is 0 Å². The molecule has 0 atom stereocenters. The number of aromatic nitrogens is 4. The van der Waals surface area contributed by atoms with E-state index >= 15 is 0 Å². The predicted molar refractivity (Wildman–Crippen MR) is 95.7 cm³/mol. The number of methoxy groups -OCH3 is 1. The molecule has 0 N–H and O–H groups in total. The molecule has 0 fully saturated rings. The second kappa shape index (κ2) is 8.61. The van der Waals surface area contributed by atoms with E-state index in [0.29, 0.717) is 0 Å². The van der Waals surface area contributed by atoms with E-state index < -0.39 is 0 Å². The lowest BCUT2D eigenvalue weighted by molar-refractivity contribution is 0.189. The second-order valence-electron chi connectivity index (χ2n) is 5.31. The Labute approximate surface area is 146 Å². The average molecular weight is 340 g/mol. The van der Waals surface area contributed by atoms with Gasteiger partial charge in [0.05, 0.1) is 0 Å². The highest BCUT2D eigenvalue weighted by Crippen LogP contribution is 2.26. The molecule has 24 heavy (non-hydrogen) atoms. The van der Waals surface area contributed by atoms with Crippen LogP contribution >= 0.6 is 11.8 Å². The molecule has 0 aliphatic rings. The van der Waals surface area contributed by atoms with Crippen LogP contribution in [0.15, 0.2) is 60.0 Å². The summed E-state index contributed by atoms with van der Waals surface area (Å²) in [6, 6.07) is 14.3. The third kappa shape index (κ3) is 4.21. The Kier molecular flexibility index (Phi) is 5.98. The van der Waals surface area contributed by atoms with Gasteiger partial charge in [-0.2, -0.15) is 0 Å². The number of ether oxygens (including phenoxy) is 1. The summed E-state index contributed by atoms with van der Waals surface area (Å²) in [5.41, 5.74) is 2.31. The van der Waals surface area contributed by atoms with Crippen LogP contribution in [0.2, 0.25) is 0 Å². The molecule has 0 unspecified atom stereocenters. The SMILES string of the molecule is COCCCn1c(SCc2ccccc2)nnc1-c1ccncc1. The average Bonchev–Trinajstić information content (AvgIpc) is 3.05. The summed E-state index contributed by atoms with van der Waals surface area (Å²) in [7, 11) is 1.72. The van der Waals surface area contributed by atoms with E-state index in [4.69, 9.17) is 4.74 Å². The van der Waals surface area contributed by atoms with Gasteiger partial charge in [-0.1, -0.05) is 42.1 Å². The predicted octanol–water partition coefficient (Wildman–Crippen LogP) is 3.67. The van der Waals surface area contributed by atoms with Gasteiger partial charge < -0.3 is 9.30 Å². The molecular weight excluding hydrogens is 320 g/mol. The molecule has 2 heterocycles. The number of rotatable bonds is 8. The fraction of sp³-hybridized carbons (Fsp3) is 0.278. The van der Waals surface area contributed by atoms with Crippen molar-refractivity contribution in [3.8, 4) is 11.4 Å². The molecule has 6 heteroatoms. The molecule has 0 saturated heterocycles. The fourth-order valence-corrected chi connectivity index (χ4v) is 3.32. The second-order valence-corrected chi connectivity index (χ2v) is 6.26. The molecule has 5 nitrogen and oxygen atoms in total. The molecular formula is C18H20N4OS. The van der Waals surface area contributed by atoms with E-state index in [1.54, 1.807) is 31.3 Å². The first-order valence-corrected chi connectivity index (χ1v) is 8.86. The number of pyridine rings is 1. The summed E-state index contributed by atoms with van der Waals surface area (Å²) in [4.78, 5) is 4.08. The Morgan fingerprint density at radius 1 is 1.04 bits per heavy atom. The number of hydrogen-bond acceptors (Lipinski definition) is 5. The van der Waals surface area contributed by atoms with Crippen LogP contribution in [-0.2, 0) is 17.0 Å². The van der Waals surface area contributed by atoms with Crippen molar-refractivity contribution in [1.82, 2.24) is 19.7 Å². The number of benzene rings is 1. The van der Waals surface area contributed by atoms with Crippen molar-refractivity contribution in [1.29, 1.82) is 0 Å². The van der Waals surface area contributed by atoms with Crippen molar-refractivity contribution in [2.75, 3.05) is 13.7 Å². The lowest BCUT2D eigenvalue weighted by Crippen LogP contribution is -2.05. The van der Waals surface area contributed by atoms with E-state index in [2.05, 4.69) is 44.0 Å². The smallest absolute Gasteiger partial charge is 0.191 e. The van der Waals surface area contributed by atoms with Gasteiger partial charge in [-0.25, -0.2) is 0 Å². The summed E-state index contributed by atoms with van der Waals surface area (Å²) in [6.45, 7) is 1.55. The van der Waals surface area contributed by atoms with Crippen molar-refractivity contribution >= 4 is 11.8 Å². The van der Waals surface area contributed by atoms with Gasteiger partial charge in [0.1, 0.15) is 0 Å². The van der Waals surface area contributed by atoms with E-state index in [1.807, 2.05) is 18.2 Å². The quantitative estimate of drug-likeness (QED) is 0.462. The van der Waals surface area contributed by atoms with Crippen LogP contribution in [-0.4, -0.2) is 33.5 Å². The van der Waals surface area contributed by atoms with Crippen molar-refractivity contribution in [3.05, 3.63) is 60.4 Å². The maximum Gasteiger partial charge on any atom is 0.191 e. The van der Waals surface area contributed by atoms with Crippen LogP contribution in [0.1, 0.15) is 12.0 Å². The molecule has 0 amide bonds. The van der Waals surface area contributed by atoms with Gasteiger partial charge in [0.25, 0.3) is 0 Å². The normalized spacial score (nSPS) is 10.9. The maximum absolute atomic E-state index is 5.18. The van der Waals surface area contributed by atoms with Crippen LogP contribution in [0.5, 0.6) is 0 Å². The largest absolute Gasteiger partial charge is 0.385 e. The fourth-order valence-electron chi connectivity index (χ4n) is 2.40. The van der Waals surface area contributed by atoms with Gasteiger partial charge in [0.15, 0.2) is 11.0 Å². The standard InChI is InChI=1S/C18H20N4OS/c1-23-13-5-12-22-17(16-8-10-19-11-9-16)20-21-18(22)24-14-15-6-3-2-4-7-15/h2-4,6-11H,5,12-14H2,1H3. The summed E-state index contributed by atoms with van der Waals surface area (Å²) in [5, 5.41) is 9.73. The minimum absolute atomic E-state index is 0.719. The molecule has 0 aliphatic carbocycles. The van der Waals surface area contributed by atoms with E-state index in [9.17, 15) is 0 Å². The van der Waals surface area contributed by atoms with Crippen LogP contribution in [0, 0.1) is 0 Å². The van der Waals surface area contributed by atoms with E-state index in [-0.39, 0.29) is 0 Å². The highest BCUT2D eigenvalue weighted by molar-refractivity contribution is 7.98. The number of thioether (sulfide) groups is 1. The highest BCUT2D eigenvalue weighted by Gasteiger charge is 2.14. The highest BCUT2D eigenvalue weighted by atomic mass is 32.2. The molecule has 0 spiro atoms. The first kappa shape index (κ1) is 16.7. The zero-order valence-electron chi connectivity index (χ0n) is 13.6. The third-order valence-electron chi connectivity index (χ3n) is 3.60. The molecule has 0 radical (unpaired) electrons. The number of hydrogen-bond donors (Lipinski definition) is 0. The summed E-state index contributed by atoms with van der Waals surface area (Å²) < 4.78 is 7.35. The molecule has 0 aliphatic heterocycles. The summed E-state index contributed by atoms with van der Waals surface area (Å²) in [6.07, 6.45) is 4.48. The zero-order valence-corrected chi connectivity index (χ0v) is 14.4. The Morgan fingerprint density at radius 2 is 1.83 bits per heavy atom. The topological polar surface area (TPSA) is 52.8 Å². The van der Waals surface area contributed by atoms with Crippen LogP contribution in [0.3, 0.4) is 0 Å². The molecule has 3 rings (SSSR count). The van der Waals surface area contributed by atoms with Crippen LogP contribution in [0.4, 0.5) is 0 Å². The molecule has 2 aromatic heterocycles. The maximum atomic E-state index is 5.18. The minimum atomic E-state index is 0.719. The first-order chi connectivity index (χ1) is 11.9. The lowest BCUT2D eigenvalue weighted by Gasteiger charge is -2.10. The van der Waals surface area contributed by atoms with Crippen molar-refractivity contribution in [2.45, 2.75) is 23.9 Å². The molecule has 124 valence electrons. The zero-order chi connectivity index (χ0) is 16.6. The van der Waals surface area contributed by atoms with E-state index in [1.165, 1.54) is 5.56 Å². The lowest BCUT2D eigenvalue weighted by atomic mass is 10.2. The Bertz CT molecular complexity index is 746. The van der Waals surface area contributed by atoms with Crippen molar-refractivity contribution < 1.29 is 4.74 Å². The summed E-state index contributed by atoms with van der Waals surface area (Å²) in [5.74, 6) is 1.75. The van der Waals surface area contributed by atoms with Gasteiger partial charge in [-0.15, -0.1) is 10.2 Å². The Balaban J connectivity index is 1.81. The van der Waals surface area contributed by atoms with Gasteiger partial charge in [0.2, 0.25) is 0 Å². The van der Waals surface area contributed by atoms with Gasteiger partial charge in [-0.05, 0) is 24.1 Å². The molecule has 0 saturated carbocycles. The molecule has 1 aromatic carbocycles. The van der Waals surface area contributed by atoms with E-state index in [0.717, 1.165) is 41.9 Å². The Hall–Kier alpha value is -2.18. The number of nitrogens with zero attached hydrogens (tertiary/aromatic N) is 4. The van der Waals surface area contributed by atoms with Gasteiger partial charge in [-0.3, -0.25) is 4.98 Å². The Morgan fingerprint density at radius 3 is 2.58 bits per heavy atom. The van der Waals surface area contributed by atoms with Crippen LogP contribution in [0.25, 0.3) is 11.4 Å². The monoisotopic (exact) mass is 340 g/mol. The van der Waals surface area contributed by atoms with Crippen molar-refractivity contribution in [3.63, 3.8) is 0 Å².